The molecule has 4 heteroatoms. The van der Waals surface area contributed by atoms with E-state index in [1.165, 1.54) is 51.4 Å². The van der Waals surface area contributed by atoms with Crippen LogP contribution in [0.2, 0.25) is 0 Å². The van der Waals surface area contributed by atoms with Gasteiger partial charge in [-0.05, 0) is 123 Å². The number of imidazole rings is 1. The van der Waals surface area contributed by atoms with E-state index in [2.05, 4.69) is 50.0 Å². The molecule has 4 aliphatic carbocycles. The zero-order valence-electron chi connectivity index (χ0n) is 22.9. The van der Waals surface area contributed by atoms with E-state index in [0.29, 0.717) is 10.8 Å². The van der Waals surface area contributed by atoms with Crippen LogP contribution in [0.1, 0.15) is 97.7 Å². The number of carbonyl (C=O) groups is 1. The van der Waals surface area contributed by atoms with Crippen LogP contribution in [0.4, 0.5) is 0 Å². The van der Waals surface area contributed by atoms with Gasteiger partial charge in [-0.15, -0.1) is 0 Å². The van der Waals surface area contributed by atoms with Crippen LogP contribution in [0.15, 0.2) is 24.3 Å². The number of H-pyrrole nitrogens is 1. The molecule has 1 aromatic carbocycles. The van der Waals surface area contributed by atoms with Gasteiger partial charge >= 0.3 is 5.97 Å². The maximum Gasteiger partial charge on any atom is 0.302 e. The van der Waals surface area contributed by atoms with Gasteiger partial charge in [-0.2, -0.15) is 0 Å². The number of hydrogen-bond acceptors (Lipinski definition) is 3. The summed E-state index contributed by atoms with van der Waals surface area (Å²) in [5.41, 5.74) is 3.22. The number of ether oxygens (including phenoxy) is 1. The Kier molecular flexibility index (Phi) is 6.24. The third kappa shape index (κ3) is 4.02. The summed E-state index contributed by atoms with van der Waals surface area (Å²) in [6.45, 7) is 9.39. The molecule has 6 rings (SSSR count). The highest BCUT2D eigenvalue weighted by Gasteiger charge is 2.60. The molecule has 0 saturated heterocycles. The van der Waals surface area contributed by atoms with Gasteiger partial charge in [0, 0.05) is 13.3 Å². The molecule has 9 atom stereocenters. The molecule has 4 nitrogen and oxygen atoms in total. The van der Waals surface area contributed by atoms with Crippen molar-refractivity contribution in [1.29, 1.82) is 0 Å². The van der Waals surface area contributed by atoms with Crippen molar-refractivity contribution >= 4 is 17.0 Å². The molecule has 4 saturated carbocycles. The average molecular weight is 491 g/mol. The van der Waals surface area contributed by atoms with Crippen LogP contribution in [0, 0.1) is 46.3 Å². The molecule has 0 bridgehead atoms. The summed E-state index contributed by atoms with van der Waals surface area (Å²) in [7, 11) is 0. The van der Waals surface area contributed by atoms with E-state index >= 15 is 0 Å². The molecule has 1 N–H and O–H groups in total. The number of esters is 1. The van der Waals surface area contributed by atoms with Crippen molar-refractivity contribution in [2.45, 2.75) is 104 Å². The molecule has 1 aromatic heterocycles. The number of rotatable bonds is 5. The van der Waals surface area contributed by atoms with Crippen LogP contribution in [-0.4, -0.2) is 22.0 Å². The van der Waals surface area contributed by atoms with Crippen molar-refractivity contribution < 1.29 is 9.53 Å². The van der Waals surface area contributed by atoms with Crippen molar-refractivity contribution in [2.75, 3.05) is 0 Å². The molecule has 0 aliphatic heterocycles. The van der Waals surface area contributed by atoms with E-state index in [4.69, 9.17) is 9.72 Å². The van der Waals surface area contributed by atoms with E-state index in [1.807, 2.05) is 0 Å². The molecule has 1 heterocycles. The number of fused-ring (bicyclic) bond motifs is 6. The predicted octanol–water partition coefficient (Wildman–Crippen LogP) is 7.72. The summed E-state index contributed by atoms with van der Waals surface area (Å²) >= 11 is 0. The lowest BCUT2D eigenvalue weighted by atomic mass is 9.44. The summed E-state index contributed by atoms with van der Waals surface area (Å²) in [4.78, 5) is 20.0. The van der Waals surface area contributed by atoms with Gasteiger partial charge in [0.15, 0.2) is 0 Å². The second kappa shape index (κ2) is 9.17. The molecule has 0 amide bonds. The second-order valence-corrected chi connectivity index (χ2v) is 13.6. The number of nitrogens with one attached hydrogen (secondary N) is 1. The fourth-order valence-corrected chi connectivity index (χ4v) is 10.2. The largest absolute Gasteiger partial charge is 0.463 e. The van der Waals surface area contributed by atoms with Gasteiger partial charge in [0.05, 0.1) is 11.0 Å². The number of benzene rings is 1. The van der Waals surface area contributed by atoms with Gasteiger partial charge in [0.2, 0.25) is 0 Å². The summed E-state index contributed by atoms with van der Waals surface area (Å²) in [6.07, 6.45) is 14.3. The monoisotopic (exact) mass is 490 g/mol. The van der Waals surface area contributed by atoms with Crippen LogP contribution in [0.25, 0.3) is 11.0 Å². The Morgan fingerprint density at radius 3 is 2.64 bits per heavy atom. The number of para-hydroxylation sites is 2. The van der Waals surface area contributed by atoms with Crippen molar-refractivity contribution in [3.8, 4) is 0 Å². The minimum absolute atomic E-state index is 0.0999. The molecular formula is C32H46N2O2. The van der Waals surface area contributed by atoms with E-state index in [-0.39, 0.29) is 12.1 Å². The number of aromatic amines is 1. The maximum absolute atomic E-state index is 11.6. The standard InChI is InChI=1S/C32H46N2O2/c1-20(9-14-30-33-28-7-5-6-8-29(28)34-30)25-12-13-26-24-11-10-22-19-23(36-21(2)35)15-17-31(22,3)27(24)16-18-32(25,26)4/h5-8,20,22-27H,9-19H2,1-4H3,(H,33,34). The van der Waals surface area contributed by atoms with E-state index < -0.39 is 0 Å². The average Bonchev–Trinajstić information content (AvgIpc) is 3.43. The highest BCUT2D eigenvalue weighted by atomic mass is 16.5. The summed E-state index contributed by atoms with van der Waals surface area (Å²) < 4.78 is 5.67. The zero-order valence-corrected chi connectivity index (χ0v) is 22.9. The van der Waals surface area contributed by atoms with Crippen molar-refractivity contribution in [2.24, 2.45) is 46.3 Å². The number of carbonyl (C=O) groups excluding carboxylic acids is 1. The van der Waals surface area contributed by atoms with Crippen LogP contribution in [0.3, 0.4) is 0 Å². The minimum Gasteiger partial charge on any atom is -0.463 e. The number of hydrogen-bond donors (Lipinski definition) is 1. The fourth-order valence-electron chi connectivity index (χ4n) is 10.2. The Hall–Kier alpha value is -1.84. The Balaban J connectivity index is 1.12. The molecule has 196 valence electrons. The van der Waals surface area contributed by atoms with Crippen LogP contribution in [0.5, 0.6) is 0 Å². The number of nitrogens with zero attached hydrogens (tertiary/aromatic N) is 1. The minimum atomic E-state index is -0.0999. The van der Waals surface area contributed by atoms with Crippen molar-refractivity contribution in [3.05, 3.63) is 30.1 Å². The van der Waals surface area contributed by atoms with Gasteiger partial charge in [0.25, 0.3) is 0 Å². The summed E-state index contributed by atoms with van der Waals surface area (Å²) in [5, 5.41) is 0. The normalized spacial score (nSPS) is 40.8. The van der Waals surface area contributed by atoms with Gasteiger partial charge in [-0.3, -0.25) is 4.79 Å². The molecule has 36 heavy (non-hydrogen) atoms. The Labute approximate surface area is 217 Å². The Morgan fingerprint density at radius 2 is 1.83 bits per heavy atom. The zero-order chi connectivity index (χ0) is 25.1. The van der Waals surface area contributed by atoms with Gasteiger partial charge in [-0.25, -0.2) is 4.98 Å². The van der Waals surface area contributed by atoms with Crippen LogP contribution >= 0.6 is 0 Å². The molecule has 2 aromatic rings. The third-order valence-corrected chi connectivity index (χ3v) is 12.0. The first-order valence-corrected chi connectivity index (χ1v) is 14.9. The fraction of sp³-hybridized carbons (Fsp3) is 0.750. The quantitative estimate of drug-likeness (QED) is 0.436. The van der Waals surface area contributed by atoms with Gasteiger partial charge < -0.3 is 9.72 Å². The molecule has 0 radical (unpaired) electrons. The van der Waals surface area contributed by atoms with Gasteiger partial charge in [0.1, 0.15) is 11.9 Å². The lowest BCUT2D eigenvalue weighted by Crippen LogP contribution is -2.54. The maximum atomic E-state index is 11.6. The SMILES string of the molecule is CC(=O)OC1CCC2(C)C(CCC3C2CCC2(C)C(C(C)CCc4nc5ccccc5[nH]4)CCC32)C1. The van der Waals surface area contributed by atoms with E-state index in [0.717, 1.165) is 71.6 Å². The number of aromatic nitrogens is 2. The molecule has 9 unspecified atom stereocenters. The predicted molar refractivity (Wildman–Crippen MR) is 144 cm³/mol. The Morgan fingerprint density at radius 1 is 1.06 bits per heavy atom. The first kappa shape index (κ1) is 24.5. The smallest absolute Gasteiger partial charge is 0.302 e. The lowest BCUT2D eigenvalue weighted by molar-refractivity contribution is -0.160. The topological polar surface area (TPSA) is 55.0 Å². The first-order chi connectivity index (χ1) is 17.3. The Bertz CT molecular complexity index is 1080. The van der Waals surface area contributed by atoms with Crippen LogP contribution in [-0.2, 0) is 16.0 Å². The highest BCUT2D eigenvalue weighted by Crippen LogP contribution is 2.68. The molecule has 4 aliphatic rings. The molecule has 0 spiro atoms. The number of aryl methyl sites for hydroxylation is 1. The summed E-state index contributed by atoms with van der Waals surface area (Å²) in [5.74, 6) is 6.06. The van der Waals surface area contributed by atoms with Crippen molar-refractivity contribution in [3.63, 3.8) is 0 Å². The summed E-state index contributed by atoms with van der Waals surface area (Å²) in [6, 6.07) is 8.40. The van der Waals surface area contributed by atoms with Gasteiger partial charge in [-0.1, -0.05) is 32.9 Å². The van der Waals surface area contributed by atoms with E-state index in [1.54, 1.807) is 6.92 Å². The molecular weight excluding hydrogens is 444 g/mol. The highest BCUT2D eigenvalue weighted by molar-refractivity contribution is 5.74. The first-order valence-electron chi connectivity index (χ1n) is 14.9. The third-order valence-electron chi connectivity index (χ3n) is 12.0. The van der Waals surface area contributed by atoms with Crippen molar-refractivity contribution in [1.82, 2.24) is 9.97 Å². The van der Waals surface area contributed by atoms with E-state index in [9.17, 15) is 4.79 Å². The lowest BCUT2D eigenvalue weighted by Gasteiger charge is -2.61. The van der Waals surface area contributed by atoms with Crippen LogP contribution < -0.4 is 0 Å². The second-order valence-electron chi connectivity index (χ2n) is 13.6. The molecule has 4 fully saturated rings.